The van der Waals surface area contributed by atoms with E-state index in [0.717, 1.165) is 12.8 Å². The number of sulfonamides is 1. The molecule has 0 aromatic heterocycles. The largest absolute Gasteiger partial charge is 0.335 e. The molecule has 0 bridgehead atoms. The summed E-state index contributed by atoms with van der Waals surface area (Å²) in [6, 6.07) is 14.1. The molecule has 0 aliphatic heterocycles. The fraction of sp³-hybridized carbons (Fsp3) is 0.250. The average Bonchev–Trinajstić information content (AvgIpc) is 3.09. The number of amides is 1. The standard InChI is InChI=1S/C20H20N2O3S/c1-3-14-21-26(24,25)17-11-8-16(9-12-17)20(23)22(2)19-13-10-15-6-4-5-7-18(15)19/h1,4-9,11-12,19,21H,10,13-14H2,2H3. The summed E-state index contributed by atoms with van der Waals surface area (Å²) < 4.78 is 26.4. The van der Waals surface area contributed by atoms with Gasteiger partial charge in [0.1, 0.15) is 0 Å². The Balaban J connectivity index is 1.78. The van der Waals surface area contributed by atoms with Crippen LogP contribution in [0.1, 0.15) is 33.9 Å². The second-order valence-corrected chi connectivity index (χ2v) is 7.99. The number of nitrogens with one attached hydrogen (secondary N) is 1. The van der Waals surface area contributed by atoms with Crippen LogP contribution in [0.15, 0.2) is 53.4 Å². The molecule has 3 rings (SSSR count). The zero-order valence-electron chi connectivity index (χ0n) is 14.5. The molecule has 1 amide bonds. The van der Waals surface area contributed by atoms with Gasteiger partial charge in [0.05, 0.1) is 17.5 Å². The lowest BCUT2D eigenvalue weighted by Gasteiger charge is -2.25. The third-order valence-electron chi connectivity index (χ3n) is 4.66. The minimum Gasteiger partial charge on any atom is -0.335 e. The Hall–Kier alpha value is -2.62. The number of terminal acetylenes is 1. The summed E-state index contributed by atoms with van der Waals surface area (Å²) in [5.74, 6) is 2.09. The lowest BCUT2D eigenvalue weighted by atomic mass is 10.1. The molecule has 1 atom stereocenters. The number of rotatable bonds is 5. The lowest BCUT2D eigenvalue weighted by molar-refractivity contribution is 0.0730. The average molecular weight is 368 g/mol. The maximum absolute atomic E-state index is 12.8. The molecule has 1 N–H and O–H groups in total. The van der Waals surface area contributed by atoms with Crippen LogP contribution in [-0.2, 0) is 16.4 Å². The van der Waals surface area contributed by atoms with Crippen LogP contribution in [0.4, 0.5) is 0 Å². The molecule has 134 valence electrons. The Morgan fingerprint density at radius 2 is 1.92 bits per heavy atom. The van der Waals surface area contributed by atoms with Crippen molar-refractivity contribution in [1.29, 1.82) is 0 Å². The van der Waals surface area contributed by atoms with Crippen LogP contribution in [0.25, 0.3) is 0 Å². The number of benzene rings is 2. The van der Waals surface area contributed by atoms with Crippen molar-refractivity contribution in [2.45, 2.75) is 23.8 Å². The summed E-state index contributed by atoms with van der Waals surface area (Å²) in [5.41, 5.74) is 2.91. The van der Waals surface area contributed by atoms with Gasteiger partial charge in [-0.3, -0.25) is 4.79 Å². The molecule has 0 saturated heterocycles. The van der Waals surface area contributed by atoms with Crippen LogP contribution in [-0.4, -0.2) is 32.8 Å². The zero-order chi connectivity index (χ0) is 18.7. The van der Waals surface area contributed by atoms with Crippen LogP contribution in [0, 0.1) is 12.3 Å². The molecule has 1 aliphatic rings. The van der Waals surface area contributed by atoms with Gasteiger partial charge >= 0.3 is 0 Å². The highest BCUT2D eigenvalue weighted by molar-refractivity contribution is 7.89. The van der Waals surface area contributed by atoms with E-state index in [0.29, 0.717) is 5.56 Å². The Morgan fingerprint density at radius 3 is 2.62 bits per heavy atom. The van der Waals surface area contributed by atoms with Gasteiger partial charge in [0.15, 0.2) is 0 Å². The molecule has 1 unspecified atom stereocenters. The van der Waals surface area contributed by atoms with E-state index in [9.17, 15) is 13.2 Å². The van der Waals surface area contributed by atoms with Crippen LogP contribution in [0.2, 0.25) is 0 Å². The first-order valence-electron chi connectivity index (χ1n) is 8.32. The maximum Gasteiger partial charge on any atom is 0.254 e. The monoisotopic (exact) mass is 368 g/mol. The molecule has 6 heteroatoms. The van der Waals surface area contributed by atoms with E-state index in [2.05, 4.69) is 22.8 Å². The van der Waals surface area contributed by atoms with E-state index in [4.69, 9.17) is 6.42 Å². The summed E-state index contributed by atoms with van der Waals surface area (Å²) in [5, 5.41) is 0. The van der Waals surface area contributed by atoms with Crippen molar-refractivity contribution in [3.8, 4) is 12.3 Å². The van der Waals surface area contributed by atoms with Gasteiger partial charge in [-0.05, 0) is 48.2 Å². The second kappa shape index (κ2) is 7.32. The number of hydrogen-bond acceptors (Lipinski definition) is 3. The number of aryl methyl sites for hydroxylation is 1. The van der Waals surface area contributed by atoms with Gasteiger partial charge in [0.25, 0.3) is 5.91 Å². The highest BCUT2D eigenvalue weighted by atomic mass is 32.2. The van der Waals surface area contributed by atoms with E-state index in [1.54, 1.807) is 11.9 Å². The SMILES string of the molecule is C#CCNS(=O)(=O)c1ccc(C(=O)N(C)C2CCc3ccccc32)cc1. The Morgan fingerprint density at radius 1 is 1.23 bits per heavy atom. The van der Waals surface area contributed by atoms with Crippen molar-refractivity contribution in [2.75, 3.05) is 13.6 Å². The van der Waals surface area contributed by atoms with Crippen molar-refractivity contribution < 1.29 is 13.2 Å². The summed E-state index contributed by atoms with van der Waals surface area (Å²) in [6.07, 6.45) is 6.93. The van der Waals surface area contributed by atoms with Crippen molar-refractivity contribution in [3.05, 3.63) is 65.2 Å². The molecular formula is C20H20N2O3S. The Kier molecular flexibility index (Phi) is 5.12. The van der Waals surface area contributed by atoms with Gasteiger partial charge in [-0.15, -0.1) is 6.42 Å². The minimum atomic E-state index is -3.66. The molecule has 5 nitrogen and oxygen atoms in total. The smallest absolute Gasteiger partial charge is 0.254 e. The second-order valence-electron chi connectivity index (χ2n) is 6.22. The van der Waals surface area contributed by atoms with E-state index >= 15 is 0 Å². The quantitative estimate of drug-likeness (QED) is 0.824. The molecule has 2 aromatic rings. The molecule has 0 radical (unpaired) electrons. The summed E-state index contributed by atoms with van der Waals surface area (Å²) >= 11 is 0. The summed E-state index contributed by atoms with van der Waals surface area (Å²) in [6.45, 7) is -0.0765. The Bertz CT molecular complexity index is 959. The third kappa shape index (κ3) is 3.50. The number of carbonyl (C=O) groups is 1. The van der Waals surface area contributed by atoms with Crippen LogP contribution in [0.3, 0.4) is 0 Å². The van der Waals surface area contributed by atoms with E-state index in [-0.39, 0.29) is 23.4 Å². The molecule has 26 heavy (non-hydrogen) atoms. The highest BCUT2D eigenvalue weighted by Gasteiger charge is 2.28. The van der Waals surface area contributed by atoms with Crippen LogP contribution >= 0.6 is 0 Å². The highest BCUT2D eigenvalue weighted by Crippen LogP contribution is 2.35. The van der Waals surface area contributed by atoms with Crippen molar-refractivity contribution >= 4 is 15.9 Å². The van der Waals surface area contributed by atoms with Gasteiger partial charge < -0.3 is 4.90 Å². The first-order chi connectivity index (χ1) is 12.4. The van der Waals surface area contributed by atoms with Crippen molar-refractivity contribution in [2.24, 2.45) is 0 Å². The fourth-order valence-electron chi connectivity index (χ4n) is 3.28. The molecule has 1 aliphatic carbocycles. The first kappa shape index (κ1) is 18.2. The minimum absolute atomic E-state index is 0.0411. The number of carbonyl (C=O) groups excluding carboxylic acids is 1. The maximum atomic E-state index is 12.8. The van der Waals surface area contributed by atoms with Gasteiger partial charge in [-0.1, -0.05) is 30.2 Å². The van der Waals surface area contributed by atoms with Gasteiger partial charge in [-0.25, -0.2) is 8.42 Å². The van der Waals surface area contributed by atoms with Crippen molar-refractivity contribution in [3.63, 3.8) is 0 Å². The zero-order valence-corrected chi connectivity index (χ0v) is 15.3. The van der Waals surface area contributed by atoms with Crippen molar-refractivity contribution in [1.82, 2.24) is 9.62 Å². The first-order valence-corrected chi connectivity index (χ1v) is 9.80. The summed E-state index contributed by atoms with van der Waals surface area (Å²) in [4.78, 5) is 14.6. The predicted octanol–water partition coefficient (Wildman–Crippen LogP) is 2.36. The van der Waals surface area contributed by atoms with Gasteiger partial charge in [0.2, 0.25) is 10.0 Å². The molecule has 0 fully saturated rings. The third-order valence-corrected chi connectivity index (χ3v) is 6.08. The summed E-state index contributed by atoms with van der Waals surface area (Å²) in [7, 11) is -1.87. The molecule has 0 heterocycles. The van der Waals surface area contributed by atoms with E-state index in [1.165, 1.54) is 35.4 Å². The van der Waals surface area contributed by atoms with Crippen LogP contribution < -0.4 is 4.72 Å². The van der Waals surface area contributed by atoms with Crippen LogP contribution in [0.5, 0.6) is 0 Å². The fourth-order valence-corrected chi connectivity index (χ4v) is 4.21. The lowest BCUT2D eigenvalue weighted by Crippen LogP contribution is -2.30. The number of fused-ring (bicyclic) bond motifs is 1. The predicted molar refractivity (Wildman–Crippen MR) is 100 cm³/mol. The normalized spacial score (nSPS) is 15.9. The molecule has 2 aromatic carbocycles. The molecule has 0 spiro atoms. The number of hydrogen-bond donors (Lipinski definition) is 1. The molecular weight excluding hydrogens is 348 g/mol. The van der Waals surface area contributed by atoms with E-state index in [1.807, 2.05) is 12.1 Å². The molecule has 0 saturated carbocycles. The number of nitrogens with zero attached hydrogens (tertiary/aromatic N) is 1. The van der Waals surface area contributed by atoms with E-state index < -0.39 is 10.0 Å². The topological polar surface area (TPSA) is 66.5 Å². The van der Waals surface area contributed by atoms with Gasteiger partial charge in [0, 0.05) is 12.6 Å². The Labute approximate surface area is 154 Å². The van der Waals surface area contributed by atoms with Gasteiger partial charge in [-0.2, -0.15) is 4.72 Å².